The Labute approximate surface area is 116 Å². The van der Waals surface area contributed by atoms with E-state index < -0.39 is 40.0 Å². The molecule has 20 heavy (non-hydrogen) atoms. The molecule has 9 heteroatoms. The summed E-state index contributed by atoms with van der Waals surface area (Å²) in [6, 6.07) is -2.06. The molecule has 0 aromatic heterocycles. The molecule has 0 aliphatic carbocycles. The highest BCUT2D eigenvalue weighted by molar-refractivity contribution is 7.91. The third kappa shape index (κ3) is 2.88. The molecular weight excluding hydrogens is 288 g/mol. The average Bonchev–Trinajstić information content (AvgIpc) is 2.69. The standard InChI is InChI=1S/C11H18N2O6S/c1-7-6-20(18,19)3-2-12(7)11(17)13-5-8(14)4-9(13)10(15)16/h7-9,14H,2-6H2,1H3,(H,15,16)/t7?,8-,9-/m0/s1. The van der Waals surface area contributed by atoms with Crippen molar-refractivity contribution in [1.29, 1.82) is 0 Å². The molecular formula is C11H18N2O6S. The van der Waals surface area contributed by atoms with E-state index in [0.29, 0.717) is 0 Å². The van der Waals surface area contributed by atoms with Crippen LogP contribution >= 0.6 is 0 Å². The summed E-state index contributed by atoms with van der Waals surface area (Å²) < 4.78 is 23.0. The first-order valence-corrected chi connectivity index (χ1v) is 8.22. The van der Waals surface area contributed by atoms with Crippen molar-refractivity contribution < 1.29 is 28.2 Å². The molecule has 2 N–H and O–H groups in total. The summed E-state index contributed by atoms with van der Waals surface area (Å²) in [6.45, 7) is 1.64. The van der Waals surface area contributed by atoms with Crippen LogP contribution in [0, 0.1) is 0 Å². The number of sulfone groups is 1. The predicted octanol–water partition coefficient (Wildman–Crippen LogP) is -1.25. The van der Waals surface area contributed by atoms with Gasteiger partial charge in [-0.05, 0) is 6.92 Å². The van der Waals surface area contributed by atoms with Crippen molar-refractivity contribution in [1.82, 2.24) is 9.80 Å². The topological polar surface area (TPSA) is 115 Å². The van der Waals surface area contributed by atoms with Crippen molar-refractivity contribution in [2.45, 2.75) is 31.5 Å². The van der Waals surface area contributed by atoms with Gasteiger partial charge in [0.2, 0.25) is 0 Å². The number of rotatable bonds is 1. The first kappa shape index (κ1) is 15.0. The monoisotopic (exact) mass is 306 g/mol. The Morgan fingerprint density at radius 2 is 1.90 bits per heavy atom. The highest BCUT2D eigenvalue weighted by Gasteiger charge is 2.42. The number of likely N-dealkylation sites (tertiary alicyclic amines) is 1. The van der Waals surface area contributed by atoms with Gasteiger partial charge in [0.05, 0.1) is 17.6 Å². The molecule has 1 unspecified atom stereocenters. The molecule has 2 aliphatic heterocycles. The number of hydrogen-bond acceptors (Lipinski definition) is 5. The number of aliphatic carboxylic acids is 1. The van der Waals surface area contributed by atoms with Crippen molar-refractivity contribution in [3.8, 4) is 0 Å². The Morgan fingerprint density at radius 3 is 2.45 bits per heavy atom. The fourth-order valence-electron chi connectivity index (χ4n) is 2.71. The van der Waals surface area contributed by atoms with E-state index in [-0.39, 0.29) is 31.0 Å². The van der Waals surface area contributed by atoms with Gasteiger partial charge in [0.1, 0.15) is 6.04 Å². The summed E-state index contributed by atoms with van der Waals surface area (Å²) in [4.78, 5) is 26.0. The van der Waals surface area contributed by atoms with Crippen LogP contribution in [-0.4, -0.2) is 83.2 Å². The van der Waals surface area contributed by atoms with Crippen LogP contribution in [0.2, 0.25) is 0 Å². The van der Waals surface area contributed by atoms with Gasteiger partial charge in [0, 0.05) is 25.6 Å². The Morgan fingerprint density at radius 1 is 1.25 bits per heavy atom. The van der Waals surface area contributed by atoms with Crippen LogP contribution in [0.4, 0.5) is 4.79 Å². The molecule has 2 amide bonds. The second-order valence-electron chi connectivity index (χ2n) is 5.34. The lowest BCUT2D eigenvalue weighted by Gasteiger charge is -2.37. The molecule has 2 aliphatic rings. The SMILES string of the molecule is CC1CS(=O)(=O)CCN1C(=O)N1C[C@@H](O)C[C@H]1C(=O)O. The summed E-state index contributed by atoms with van der Waals surface area (Å²) in [5.41, 5.74) is 0. The third-order valence-electron chi connectivity index (χ3n) is 3.73. The van der Waals surface area contributed by atoms with Gasteiger partial charge in [-0.1, -0.05) is 0 Å². The molecule has 0 saturated carbocycles. The second-order valence-corrected chi connectivity index (χ2v) is 7.56. The van der Waals surface area contributed by atoms with E-state index in [9.17, 15) is 23.1 Å². The minimum Gasteiger partial charge on any atom is -0.480 e. The molecule has 2 fully saturated rings. The molecule has 0 radical (unpaired) electrons. The highest BCUT2D eigenvalue weighted by Crippen LogP contribution is 2.22. The molecule has 2 heterocycles. The lowest BCUT2D eigenvalue weighted by Crippen LogP contribution is -2.56. The van der Waals surface area contributed by atoms with Crippen LogP contribution in [0.25, 0.3) is 0 Å². The number of urea groups is 1. The summed E-state index contributed by atoms with van der Waals surface area (Å²) in [6.07, 6.45) is -0.856. The van der Waals surface area contributed by atoms with Gasteiger partial charge >= 0.3 is 12.0 Å². The fraction of sp³-hybridized carbons (Fsp3) is 0.818. The van der Waals surface area contributed by atoms with Crippen LogP contribution in [0.15, 0.2) is 0 Å². The molecule has 2 saturated heterocycles. The largest absolute Gasteiger partial charge is 0.480 e. The van der Waals surface area contributed by atoms with E-state index in [1.807, 2.05) is 0 Å². The maximum atomic E-state index is 12.4. The lowest BCUT2D eigenvalue weighted by atomic mass is 10.2. The number of aliphatic hydroxyl groups excluding tert-OH is 1. The van der Waals surface area contributed by atoms with E-state index in [4.69, 9.17) is 5.11 Å². The lowest BCUT2D eigenvalue weighted by molar-refractivity contribution is -0.141. The van der Waals surface area contributed by atoms with Gasteiger partial charge in [0.15, 0.2) is 9.84 Å². The summed E-state index contributed by atoms with van der Waals surface area (Å²) in [5, 5.41) is 18.6. The maximum Gasteiger partial charge on any atom is 0.326 e. The molecule has 0 aromatic rings. The van der Waals surface area contributed by atoms with Gasteiger partial charge in [-0.2, -0.15) is 0 Å². The number of carboxylic acids is 1. The number of amides is 2. The van der Waals surface area contributed by atoms with Crippen molar-refractivity contribution in [3.63, 3.8) is 0 Å². The normalized spacial score (nSPS) is 33.2. The van der Waals surface area contributed by atoms with Gasteiger partial charge in [-0.15, -0.1) is 0 Å². The highest BCUT2D eigenvalue weighted by atomic mass is 32.2. The van der Waals surface area contributed by atoms with Crippen LogP contribution in [0.1, 0.15) is 13.3 Å². The van der Waals surface area contributed by atoms with Gasteiger partial charge in [0.25, 0.3) is 0 Å². The predicted molar refractivity (Wildman–Crippen MR) is 69.0 cm³/mol. The second kappa shape index (κ2) is 5.21. The molecule has 2 rings (SSSR count). The molecule has 0 spiro atoms. The van der Waals surface area contributed by atoms with Crippen molar-refractivity contribution in [3.05, 3.63) is 0 Å². The van der Waals surface area contributed by atoms with Crippen molar-refractivity contribution in [2.24, 2.45) is 0 Å². The molecule has 114 valence electrons. The average molecular weight is 306 g/mol. The van der Waals surface area contributed by atoms with E-state index >= 15 is 0 Å². The molecule has 0 bridgehead atoms. The zero-order valence-electron chi connectivity index (χ0n) is 11.1. The Hall–Kier alpha value is -1.35. The van der Waals surface area contributed by atoms with E-state index in [1.54, 1.807) is 6.92 Å². The number of carbonyl (C=O) groups excluding carboxylic acids is 1. The van der Waals surface area contributed by atoms with E-state index in [2.05, 4.69) is 0 Å². The molecule has 8 nitrogen and oxygen atoms in total. The number of carboxylic acid groups (broad SMARTS) is 1. The summed E-state index contributed by atoms with van der Waals surface area (Å²) >= 11 is 0. The van der Waals surface area contributed by atoms with Gasteiger partial charge < -0.3 is 20.0 Å². The quantitative estimate of drug-likeness (QED) is 0.625. The van der Waals surface area contributed by atoms with Crippen molar-refractivity contribution >= 4 is 21.8 Å². The van der Waals surface area contributed by atoms with Gasteiger partial charge in [-0.25, -0.2) is 18.0 Å². The van der Waals surface area contributed by atoms with Crippen LogP contribution < -0.4 is 0 Å². The van der Waals surface area contributed by atoms with Crippen LogP contribution in [0.3, 0.4) is 0 Å². The Balaban J connectivity index is 2.13. The van der Waals surface area contributed by atoms with Crippen LogP contribution in [-0.2, 0) is 14.6 Å². The van der Waals surface area contributed by atoms with E-state index in [0.717, 1.165) is 4.90 Å². The van der Waals surface area contributed by atoms with E-state index in [1.165, 1.54) is 4.90 Å². The number of hydrogen-bond donors (Lipinski definition) is 2. The Bertz CT molecular complexity index is 519. The molecule has 0 aromatic carbocycles. The minimum absolute atomic E-state index is 0.00158. The van der Waals surface area contributed by atoms with Crippen molar-refractivity contribution in [2.75, 3.05) is 24.6 Å². The first-order valence-electron chi connectivity index (χ1n) is 6.40. The summed E-state index contributed by atoms with van der Waals surface area (Å²) in [7, 11) is -3.14. The number of β-amino-alcohol motifs (C(OH)–C–C–N with tert-alkyl or cyclic N) is 1. The fourth-order valence-corrected chi connectivity index (χ4v) is 4.26. The van der Waals surface area contributed by atoms with Crippen LogP contribution in [0.5, 0.6) is 0 Å². The maximum absolute atomic E-state index is 12.4. The summed E-state index contributed by atoms with van der Waals surface area (Å²) in [5.74, 6) is -1.39. The zero-order valence-corrected chi connectivity index (χ0v) is 11.9. The number of aliphatic hydroxyl groups is 1. The number of nitrogens with zero attached hydrogens (tertiary/aromatic N) is 2. The first-order chi connectivity index (χ1) is 9.21. The third-order valence-corrected chi connectivity index (χ3v) is 5.52. The Kier molecular flexibility index (Phi) is 3.92. The molecule has 3 atom stereocenters. The smallest absolute Gasteiger partial charge is 0.326 e. The zero-order chi connectivity index (χ0) is 15.1. The van der Waals surface area contributed by atoms with Gasteiger partial charge in [-0.3, -0.25) is 0 Å². The minimum atomic E-state index is -3.14. The number of carbonyl (C=O) groups is 2.